The fourth-order valence-corrected chi connectivity index (χ4v) is 5.85. The SMILES string of the molecule is C=c1c(-c2cc3c(-c4ccsc4)nccc3[nH]2)n[nH]/c1=C/C=C(\C)c1cncc(CCCN2CCCC2)c1. The number of hydrogen-bond donors (Lipinski definition) is 2. The van der Waals surface area contributed by atoms with Crippen LogP contribution in [-0.4, -0.2) is 49.7 Å². The average Bonchev–Trinajstić information content (AvgIpc) is 3.75. The van der Waals surface area contributed by atoms with E-state index in [0.717, 1.165) is 61.7 Å². The molecule has 0 saturated carbocycles. The van der Waals surface area contributed by atoms with Crippen molar-refractivity contribution in [1.29, 1.82) is 0 Å². The molecule has 6 rings (SSSR count). The molecule has 0 radical (unpaired) electrons. The van der Waals surface area contributed by atoms with E-state index in [1.807, 2.05) is 24.7 Å². The highest BCUT2D eigenvalue weighted by atomic mass is 32.1. The van der Waals surface area contributed by atoms with Gasteiger partial charge in [0.2, 0.25) is 0 Å². The van der Waals surface area contributed by atoms with Crippen molar-refractivity contribution < 1.29 is 0 Å². The number of nitrogens with one attached hydrogen (secondary N) is 2. The summed E-state index contributed by atoms with van der Waals surface area (Å²) in [6.07, 6.45) is 14.9. The van der Waals surface area contributed by atoms with Gasteiger partial charge in [-0.05, 0) is 105 Å². The Morgan fingerprint density at radius 3 is 2.89 bits per heavy atom. The Morgan fingerprint density at radius 2 is 2.05 bits per heavy atom. The number of aromatic amines is 2. The zero-order valence-electron chi connectivity index (χ0n) is 21.7. The number of hydrogen-bond acceptors (Lipinski definition) is 5. The lowest BCUT2D eigenvalue weighted by Gasteiger charge is -2.14. The third kappa shape index (κ3) is 5.12. The fourth-order valence-electron chi connectivity index (χ4n) is 5.21. The number of aryl methyl sites for hydroxylation is 1. The maximum atomic E-state index is 4.62. The second kappa shape index (κ2) is 10.9. The van der Waals surface area contributed by atoms with Gasteiger partial charge in [-0.15, -0.1) is 0 Å². The number of H-pyrrole nitrogens is 2. The quantitative estimate of drug-likeness (QED) is 0.287. The van der Waals surface area contributed by atoms with Gasteiger partial charge in [0.1, 0.15) is 5.69 Å². The van der Waals surface area contributed by atoms with Gasteiger partial charge >= 0.3 is 0 Å². The third-order valence-electron chi connectivity index (χ3n) is 7.39. The largest absolute Gasteiger partial charge is 0.353 e. The number of likely N-dealkylation sites (tertiary alicyclic amines) is 1. The van der Waals surface area contributed by atoms with Crippen LogP contribution in [0.25, 0.3) is 51.8 Å². The molecule has 2 N–H and O–H groups in total. The number of rotatable bonds is 8. The van der Waals surface area contributed by atoms with Crippen molar-refractivity contribution in [1.82, 2.24) is 30.0 Å². The molecule has 1 aliphatic rings. The number of thiophene rings is 1. The Labute approximate surface area is 226 Å². The molecule has 5 aromatic heterocycles. The summed E-state index contributed by atoms with van der Waals surface area (Å²) in [4.78, 5) is 15.2. The minimum Gasteiger partial charge on any atom is -0.353 e. The fraction of sp³-hybridized carbons (Fsp3) is 0.258. The topological polar surface area (TPSA) is 73.5 Å². The van der Waals surface area contributed by atoms with Crippen molar-refractivity contribution in [3.63, 3.8) is 0 Å². The maximum absolute atomic E-state index is 4.62. The average molecular weight is 521 g/mol. The molecule has 0 aliphatic carbocycles. The van der Waals surface area contributed by atoms with Gasteiger partial charge in [-0.3, -0.25) is 15.1 Å². The van der Waals surface area contributed by atoms with E-state index in [1.54, 1.807) is 11.3 Å². The summed E-state index contributed by atoms with van der Waals surface area (Å²) in [6.45, 7) is 10.1. The van der Waals surface area contributed by atoms with Gasteiger partial charge in [-0.25, -0.2) is 0 Å². The van der Waals surface area contributed by atoms with E-state index in [1.165, 1.54) is 44.5 Å². The van der Waals surface area contributed by atoms with Crippen molar-refractivity contribution in [2.45, 2.75) is 32.6 Å². The molecule has 38 heavy (non-hydrogen) atoms. The molecular weight excluding hydrogens is 488 g/mol. The second-order valence-corrected chi connectivity index (χ2v) is 10.8. The van der Waals surface area contributed by atoms with Crippen LogP contribution in [0.4, 0.5) is 0 Å². The van der Waals surface area contributed by atoms with E-state index in [-0.39, 0.29) is 0 Å². The van der Waals surface area contributed by atoms with Gasteiger partial charge < -0.3 is 9.88 Å². The Morgan fingerprint density at radius 1 is 1.16 bits per heavy atom. The summed E-state index contributed by atoms with van der Waals surface area (Å²) in [5, 5.41) is 14.8. The first kappa shape index (κ1) is 24.5. The molecule has 5 aromatic rings. The van der Waals surface area contributed by atoms with E-state index < -0.39 is 0 Å². The first-order valence-electron chi connectivity index (χ1n) is 13.2. The molecule has 0 atom stereocenters. The van der Waals surface area contributed by atoms with Crippen LogP contribution < -0.4 is 10.6 Å². The van der Waals surface area contributed by atoms with E-state index in [9.17, 15) is 0 Å². The lowest BCUT2D eigenvalue weighted by Crippen LogP contribution is -2.21. The van der Waals surface area contributed by atoms with Gasteiger partial charge in [0.05, 0.1) is 16.7 Å². The molecule has 7 heteroatoms. The van der Waals surface area contributed by atoms with E-state index in [4.69, 9.17) is 0 Å². The smallest absolute Gasteiger partial charge is 0.116 e. The van der Waals surface area contributed by atoms with Crippen LogP contribution in [-0.2, 0) is 6.42 Å². The van der Waals surface area contributed by atoms with Crippen molar-refractivity contribution in [3.05, 3.63) is 81.4 Å². The minimum absolute atomic E-state index is 0.816. The molecule has 1 aliphatic heterocycles. The van der Waals surface area contributed by atoms with Crippen molar-refractivity contribution in [2.24, 2.45) is 0 Å². The first-order valence-corrected chi connectivity index (χ1v) is 14.2. The van der Waals surface area contributed by atoms with E-state index in [0.29, 0.717) is 0 Å². The van der Waals surface area contributed by atoms with E-state index >= 15 is 0 Å². The van der Waals surface area contributed by atoms with Gasteiger partial charge in [0.15, 0.2) is 0 Å². The predicted molar refractivity (Wildman–Crippen MR) is 158 cm³/mol. The van der Waals surface area contributed by atoms with Crippen LogP contribution in [0.2, 0.25) is 0 Å². The molecule has 0 bridgehead atoms. The Hall–Kier alpha value is -3.81. The summed E-state index contributed by atoms with van der Waals surface area (Å²) in [5.41, 5.74) is 8.49. The molecule has 0 amide bonds. The second-order valence-electron chi connectivity index (χ2n) is 10.0. The van der Waals surface area contributed by atoms with Crippen LogP contribution in [0.5, 0.6) is 0 Å². The number of fused-ring (bicyclic) bond motifs is 1. The Kier molecular flexibility index (Phi) is 7.03. The normalized spacial score (nSPS) is 15.2. The molecule has 0 unspecified atom stereocenters. The molecule has 192 valence electrons. The van der Waals surface area contributed by atoms with Crippen molar-refractivity contribution in [3.8, 4) is 22.6 Å². The molecule has 0 spiro atoms. The minimum atomic E-state index is 0.816. The summed E-state index contributed by atoms with van der Waals surface area (Å²) >= 11 is 1.67. The van der Waals surface area contributed by atoms with Crippen molar-refractivity contribution in [2.75, 3.05) is 19.6 Å². The van der Waals surface area contributed by atoms with Crippen LogP contribution >= 0.6 is 11.3 Å². The van der Waals surface area contributed by atoms with Gasteiger partial charge in [0, 0.05) is 45.7 Å². The van der Waals surface area contributed by atoms with Gasteiger partial charge in [-0.2, -0.15) is 16.4 Å². The number of aromatic nitrogens is 5. The van der Waals surface area contributed by atoms with Crippen LogP contribution in [0.1, 0.15) is 37.3 Å². The standard InChI is InChI=1S/C31H32N6S/c1-21(25-16-23(18-32-19-25)6-5-14-37-12-3-4-13-37)7-8-27-22(2)30(36-35-27)29-17-26-28(34-29)9-11-33-31(26)24-10-15-38-20-24/h7-11,15-20,34-35H,2-6,12-14H2,1H3/b21-7+,27-8+. The van der Waals surface area contributed by atoms with Crippen LogP contribution in [0.15, 0.2) is 59.7 Å². The summed E-state index contributed by atoms with van der Waals surface area (Å²) in [6, 6.07) is 8.48. The highest BCUT2D eigenvalue weighted by molar-refractivity contribution is 7.08. The number of nitrogens with zero attached hydrogens (tertiary/aromatic N) is 4. The molecule has 1 fully saturated rings. The summed E-state index contributed by atoms with van der Waals surface area (Å²) < 4.78 is 0. The van der Waals surface area contributed by atoms with Gasteiger partial charge in [-0.1, -0.05) is 12.7 Å². The predicted octanol–water partition coefficient (Wildman–Crippen LogP) is 5.40. The molecule has 0 aromatic carbocycles. The zero-order valence-corrected chi connectivity index (χ0v) is 22.5. The van der Waals surface area contributed by atoms with Crippen LogP contribution in [0, 0.1) is 0 Å². The summed E-state index contributed by atoms with van der Waals surface area (Å²) in [7, 11) is 0. The highest BCUT2D eigenvalue weighted by Crippen LogP contribution is 2.30. The lowest BCUT2D eigenvalue weighted by atomic mass is 10.0. The van der Waals surface area contributed by atoms with E-state index in [2.05, 4.69) is 84.7 Å². The molecule has 1 saturated heterocycles. The molecular formula is C31H32N6S. The lowest BCUT2D eigenvalue weighted by molar-refractivity contribution is 0.334. The maximum Gasteiger partial charge on any atom is 0.116 e. The van der Waals surface area contributed by atoms with Crippen LogP contribution in [0.3, 0.4) is 0 Å². The zero-order chi connectivity index (χ0) is 25.9. The number of pyridine rings is 2. The first-order chi connectivity index (χ1) is 18.7. The Bertz CT molecular complexity index is 1690. The third-order valence-corrected chi connectivity index (χ3v) is 8.07. The van der Waals surface area contributed by atoms with Gasteiger partial charge in [0.25, 0.3) is 0 Å². The highest BCUT2D eigenvalue weighted by Gasteiger charge is 2.13. The summed E-state index contributed by atoms with van der Waals surface area (Å²) in [5.74, 6) is 0. The van der Waals surface area contributed by atoms with Crippen molar-refractivity contribution >= 4 is 40.5 Å². The number of allylic oxidation sites excluding steroid dienone is 2. The molecule has 6 heterocycles. The monoisotopic (exact) mass is 520 g/mol. The molecule has 6 nitrogen and oxygen atoms in total. The Balaban J connectivity index is 1.21.